The van der Waals surface area contributed by atoms with E-state index in [4.69, 9.17) is 18.9 Å². The summed E-state index contributed by atoms with van der Waals surface area (Å²) >= 11 is 0. The molecule has 1 amide bonds. The lowest BCUT2D eigenvalue weighted by Crippen LogP contribution is -2.41. The second-order valence-corrected chi connectivity index (χ2v) is 9.79. The van der Waals surface area contributed by atoms with Gasteiger partial charge in [-0.3, -0.25) is 9.69 Å². The number of rotatable bonds is 11. The number of amides is 1. The van der Waals surface area contributed by atoms with Gasteiger partial charge in [0.15, 0.2) is 23.0 Å². The van der Waals surface area contributed by atoms with Crippen LogP contribution in [0.15, 0.2) is 36.9 Å². The molecule has 1 aliphatic heterocycles. The standard InChI is InChI=1S/C30H40N2O5/c1-6-11-31(25-9-8-21-16-26(34-2)28(36-4)18-23(21)15-25)12-7-13-32-14-10-22-17-27(35-3)29(37-5)19-24(22)20-30(32)33/h6,16-19,25H,1,7-15,20H2,2-5H3. The number of methoxy groups -OCH3 is 4. The Labute approximate surface area is 220 Å². The van der Waals surface area contributed by atoms with Crippen LogP contribution in [0.3, 0.4) is 0 Å². The van der Waals surface area contributed by atoms with Crippen LogP contribution in [0.1, 0.15) is 35.1 Å². The number of nitrogens with zero attached hydrogens (tertiary/aromatic N) is 2. The van der Waals surface area contributed by atoms with Gasteiger partial charge in [-0.25, -0.2) is 0 Å². The molecule has 1 atom stereocenters. The van der Waals surface area contributed by atoms with E-state index in [-0.39, 0.29) is 5.91 Å². The van der Waals surface area contributed by atoms with Crippen molar-refractivity contribution < 1.29 is 23.7 Å². The Morgan fingerprint density at radius 2 is 1.46 bits per heavy atom. The summed E-state index contributed by atoms with van der Waals surface area (Å²) in [7, 11) is 6.64. The van der Waals surface area contributed by atoms with Crippen molar-refractivity contribution in [2.45, 2.75) is 44.6 Å². The Hall–Kier alpha value is -3.19. The van der Waals surface area contributed by atoms with Crippen LogP contribution in [0.5, 0.6) is 23.0 Å². The molecule has 0 aromatic heterocycles. The smallest absolute Gasteiger partial charge is 0.227 e. The second kappa shape index (κ2) is 12.4. The highest BCUT2D eigenvalue weighted by Crippen LogP contribution is 2.35. The van der Waals surface area contributed by atoms with Crippen molar-refractivity contribution in [1.82, 2.24) is 9.80 Å². The number of ether oxygens (including phenoxy) is 4. The number of hydrogen-bond acceptors (Lipinski definition) is 6. The normalized spacial score (nSPS) is 17.1. The van der Waals surface area contributed by atoms with Crippen molar-refractivity contribution in [2.24, 2.45) is 0 Å². The van der Waals surface area contributed by atoms with E-state index in [0.29, 0.717) is 24.0 Å². The first-order valence-corrected chi connectivity index (χ1v) is 13.1. The van der Waals surface area contributed by atoms with E-state index in [9.17, 15) is 4.79 Å². The maximum atomic E-state index is 13.1. The van der Waals surface area contributed by atoms with E-state index in [2.05, 4.69) is 23.6 Å². The lowest BCUT2D eigenvalue weighted by atomic mass is 9.87. The summed E-state index contributed by atoms with van der Waals surface area (Å²) in [6.07, 6.45) is 7.22. The lowest BCUT2D eigenvalue weighted by Gasteiger charge is -2.35. The van der Waals surface area contributed by atoms with Gasteiger partial charge in [-0.15, -0.1) is 6.58 Å². The highest BCUT2D eigenvalue weighted by atomic mass is 16.5. The Balaban J connectivity index is 1.37. The molecule has 37 heavy (non-hydrogen) atoms. The first-order chi connectivity index (χ1) is 18.0. The number of hydrogen-bond donors (Lipinski definition) is 0. The predicted octanol–water partition coefficient (Wildman–Crippen LogP) is 4.08. The summed E-state index contributed by atoms with van der Waals surface area (Å²) in [5.74, 6) is 3.14. The fourth-order valence-electron chi connectivity index (χ4n) is 5.68. The number of carbonyl (C=O) groups is 1. The van der Waals surface area contributed by atoms with Gasteiger partial charge in [0.2, 0.25) is 5.91 Å². The topological polar surface area (TPSA) is 60.5 Å². The van der Waals surface area contributed by atoms with Crippen LogP contribution in [0, 0.1) is 0 Å². The zero-order chi connectivity index (χ0) is 26.4. The Bertz CT molecular complexity index is 1120. The third kappa shape index (κ3) is 6.04. The zero-order valence-corrected chi connectivity index (χ0v) is 22.7. The van der Waals surface area contributed by atoms with Gasteiger partial charge in [0.1, 0.15) is 0 Å². The van der Waals surface area contributed by atoms with Gasteiger partial charge < -0.3 is 23.8 Å². The molecule has 0 bridgehead atoms. The highest BCUT2D eigenvalue weighted by Gasteiger charge is 2.26. The molecule has 2 aliphatic rings. The fourth-order valence-corrected chi connectivity index (χ4v) is 5.68. The molecular formula is C30H40N2O5. The minimum Gasteiger partial charge on any atom is -0.493 e. The lowest BCUT2D eigenvalue weighted by molar-refractivity contribution is -0.130. The van der Waals surface area contributed by atoms with Crippen LogP contribution in [0.25, 0.3) is 0 Å². The van der Waals surface area contributed by atoms with E-state index in [1.165, 1.54) is 11.1 Å². The third-order valence-electron chi connectivity index (χ3n) is 7.71. The highest BCUT2D eigenvalue weighted by molar-refractivity contribution is 5.80. The minimum atomic E-state index is 0.175. The first kappa shape index (κ1) is 26.9. The van der Waals surface area contributed by atoms with Crippen molar-refractivity contribution in [3.8, 4) is 23.0 Å². The van der Waals surface area contributed by atoms with Crippen molar-refractivity contribution >= 4 is 5.91 Å². The predicted molar refractivity (Wildman–Crippen MR) is 145 cm³/mol. The third-order valence-corrected chi connectivity index (χ3v) is 7.71. The summed E-state index contributed by atoms with van der Waals surface area (Å²) in [6, 6.07) is 8.66. The zero-order valence-electron chi connectivity index (χ0n) is 22.7. The molecule has 0 spiro atoms. The molecule has 1 unspecified atom stereocenters. The maximum Gasteiger partial charge on any atom is 0.227 e. The number of carbonyl (C=O) groups excluding carboxylic acids is 1. The molecule has 2 aromatic carbocycles. The molecule has 1 aliphatic carbocycles. The summed E-state index contributed by atoms with van der Waals surface area (Å²) in [5, 5.41) is 0. The van der Waals surface area contributed by atoms with Crippen molar-refractivity contribution in [3.63, 3.8) is 0 Å². The summed E-state index contributed by atoms with van der Waals surface area (Å²) in [4.78, 5) is 17.6. The van der Waals surface area contributed by atoms with E-state index >= 15 is 0 Å². The van der Waals surface area contributed by atoms with Crippen LogP contribution in [0.4, 0.5) is 0 Å². The van der Waals surface area contributed by atoms with Crippen LogP contribution >= 0.6 is 0 Å². The SMILES string of the molecule is C=CCN(CCCN1CCc2cc(OC)c(OC)cc2CC1=O)C1CCc2cc(OC)c(OC)cc2C1. The molecular weight excluding hydrogens is 468 g/mol. The van der Waals surface area contributed by atoms with Gasteiger partial charge in [-0.05, 0) is 78.6 Å². The molecule has 0 fully saturated rings. The molecule has 4 rings (SSSR count). The molecule has 0 saturated heterocycles. The average molecular weight is 509 g/mol. The van der Waals surface area contributed by atoms with Crippen LogP contribution in [0.2, 0.25) is 0 Å². The van der Waals surface area contributed by atoms with Crippen molar-refractivity contribution in [3.05, 3.63) is 59.2 Å². The fraction of sp³-hybridized carbons (Fsp3) is 0.500. The Kier molecular flexibility index (Phi) is 8.98. The maximum absolute atomic E-state index is 13.1. The van der Waals surface area contributed by atoms with Crippen molar-refractivity contribution in [1.29, 1.82) is 0 Å². The van der Waals surface area contributed by atoms with Gasteiger partial charge in [0, 0.05) is 32.2 Å². The number of aryl methyl sites for hydroxylation is 1. The van der Waals surface area contributed by atoms with E-state index < -0.39 is 0 Å². The average Bonchev–Trinajstić information content (AvgIpc) is 3.07. The van der Waals surface area contributed by atoms with E-state index in [0.717, 1.165) is 80.9 Å². The monoisotopic (exact) mass is 508 g/mol. The van der Waals surface area contributed by atoms with Gasteiger partial charge in [-0.1, -0.05) is 6.08 Å². The van der Waals surface area contributed by atoms with Gasteiger partial charge in [-0.2, -0.15) is 0 Å². The Morgan fingerprint density at radius 1 is 0.892 bits per heavy atom. The van der Waals surface area contributed by atoms with Crippen LogP contribution in [-0.2, 0) is 30.5 Å². The van der Waals surface area contributed by atoms with Crippen LogP contribution < -0.4 is 18.9 Å². The molecule has 0 radical (unpaired) electrons. The second-order valence-electron chi connectivity index (χ2n) is 9.79. The summed E-state index contributed by atoms with van der Waals surface area (Å²) in [6.45, 7) is 7.24. The summed E-state index contributed by atoms with van der Waals surface area (Å²) in [5.41, 5.74) is 4.87. The van der Waals surface area contributed by atoms with E-state index in [1.807, 2.05) is 23.1 Å². The molecule has 0 saturated carbocycles. The number of fused-ring (bicyclic) bond motifs is 2. The van der Waals surface area contributed by atoms with E-state index in [1.54, 1.807) is 28.4 Å². The first-order valence-electron chi connectivity index (χ1n) is 13.1. The summed E-state index contributed by atoms with van der Waals surface area (Å²) < 4.78 is 21.9. The molecule has 7 heteroatoms. The molecule has 2 aromatic rings. The van der Waals surface area contributed by atoms with Gasteiger partial charge in [0.25, 0.3) is 0 Å². The molecule has 0 N–H and O–H groups in total. The van der Waals surface area contributed by atoms with Crippen molar-refractivity contribution in [2.75, 3.05) is 54.6 Å². The quantitative estimate of drug-likeness (QED) is 0.426. The molecule has 7 nitrogen and oxygen atoms in total. The largest absolute Gasteiger partial charge is 0.493 e. The van der Waals surface area contributed by atoms with Crippen LogP contribution in [-0.4, -0.2) is 76.4 Å². The minimum absolute atomic E-state index is 0.175. The van der Waals surface area contributed by atoms with Gasteiger partial charge >= 0.3 is 0 Å². The number of benzene rings is 2. The molecule has 200 valence electrons. The molecule has 1 heterocycles. The Morgan fingerprint density at radius 3 is 2.05 bits per heavy atom. The van der Waals surface area contributed by atoms with Gasteiger partial charge in [0.05, 0.1) is 34.9 Å².